The van der Waals surface area contributed by atoms with E-state index in [-0.39, 0.29) is 23.6 Å². The van der Waals surface area contributed by atoms with Crippen molar-refractivity contribution < 1.29 is 19.3 Å². The van der Waals surface area contributed by atoms with Gasteiger partial charge in [-0.25, -0.2) is 5.06 Å². The molecule has 0 heterocycles. The van der Waals surface area contributed by atoms with Crippen molar-refractivity contribution in [1.82, 2.24) is 5.06 Å². The van der Waals surface area contributed by atoms with Crippen LogP contribution in [0.3, 0.4) is 0 Å². The molecule has 0 aliphatic carbocycles. The molecule has 0 spiro atoms. The van der Waals surface area contributed by atoms with E-state index in [4.69, 9.17) is 9.57 Å². The van der Waals surface area contributed by atoms with E-state index in [1.165, 1.54) is 32.4 Å². The van der Waals surface area contributed by atoms with E-state index in [0.29, 0.717) is 0 Å². The van der Waals surface area contributed by atoms with Gasteiger partial charge in [-0.1, -0.05) is 30.3 Å². The Morgan fingerprint density at radius 1 is 1.22 bits per heavy atom. The molecule has 0 unspecified atom stereocenters. The molecule has 0 saturated carbocycles. The Kier molecular flexibility index (Phi) is 5.27. The maximum atomic E-state index is 12.2. The summed E-state index contributed by atoms with van der Waals surface area (Å²) in [6.45, 7) is 0.193. The Hall–Kier alpha value is -2.93. The van der Waals surface area contributed by atoms with Crippen molar-refractivity contribution in [2.24, 2.45) is 0 Å². The van der Waals surface area contributed by atoms with E-state index in [1.54, 1.807) is 0 Å². The molecule has 0 radical (unpaired) electrons. The predicted octanol–water partition coefficient (Wildman–Crippen LogP) is 2.81. The zero-order chi connectivity index (χ0) is 16.8. The van der Waals surface area contributed by atoms with Gasteiger partial charge in [0.05, 0.1) is 23.7 Å². The molecule has 2 aromatic carbocycles. The molecule has 0 saturated heterocycles. The van der Waals surface area contributed by atoms with E-state index < -0.39 is 10.8 Å². The standard InChI is InChI=1S/C16H16N2O5/c1-17(22-2)16(19)14-9-8-13(18(20)21)10-15(14)23-11-12-6-4-3-5-7-12/h3-10H,11H2,1-2H3. The second kappa shape index (κ2) is 7.37. The number of benzene rings is 2. The Morgan fingerprint density at radius 3 is 2.52 bits per heavy atom. The first-order valence-electron chi connectivity index (χ1n) is 6.80. The van der Waals surface area contributed by atoms with Gasteiger partial charge in [-0.05, 0) is 11.6 Å². The van der Waals surface area contributed by atoms with Gasteiger partial charge in [-0.3, -0.25) is 19.7 Å². The molecule has 0 fully saturated rings. The second-order valence-corrected chi connectivity index (χ2v) is 4.70. The second-order valence-electron chi connectivity index (χ2n) is 4.70. The van der Waals surface area contributed by atoms with Crippen LogP contribution in [0, 0.1) is 10.1 Å². The van der Waals surface area contributed by atoms with Crippen molar-refractivity contribution in [2.45, 2.75) is 6.61 Å². The van der Waals surface area contributed by atoms with Crippen molar-refractivity contribution in [2.75, 3.05) is 14.2 Å². The third kappa shape index (κ3) is 4.04. The number of carbonyl (C=O) groups is 1. The maximum absolute atomic E-state index is 12.2. The number of amides is 1. The van der Waals surface area contributed by atoms with Gasteiger partial charge >= 0.3 is 0 Å². The Bertz CT molecular complexity index is 703. The molecule has 0 atom stereocenters. The van der Waals surface area contributed by atoms with Gasteiger partial charge in [-0.15, -0.1) is 0 Å². The molecule has 1 amide bonds. The largest absolute Gasteiger partial charge is 0.488 e. The van der Waals surface area contributed by atoms with Crippen LogP contribution in [0.1, 0.15) is 15.9 Å². The van der Waals surface area contributed by atoms with Crippen molar-refractivity contribution in [3.05, 3.63) is 69.8 Å². The summed E-state index contributed by atoms with van der Waals surface area (Å²) in [5.41, 5.74) is 0.929. The van der Waals surface area contributed by atoms with E-state index >= 15 is 0 Å². The van der Waals surface area contributed by atoms with Crippen LogP contribution in [0.5, 0.6) is 5.75 Å². The third-order valence-electron chi connectivity index (χ3n) is 3.20. The molecule has 0 aliphatic rings. The molecule has 23 heavy (non-hydrogen) atoms. The van der Waals surface area contributed by atoms with Crippen molar-refractivity contribution in [3.63, 3.8) is 0 Å². The smallest absolute Gasteiger partial charge is 0.280 e. The number of hydroxylamine groups is 2. The van der Waals surface area contributed by atoms with E-state index in [1.807, 2.05) is 30.3 Å². The zero-order valence-electron chi connectivity index (χ0n) is 12.8. The lowest BCUT2D eigenvalue weighted by molar-refractivity contribution is -0.384. The quantitative estimate of drug-likeness (QED) is 0.604. The van der Waals surface area contributed by atoms with E-state index in [0.717, 1.165) is 10.6 Å². The van der Waals surface area contributed by atoms with Crippen LogP contribution in [-0.2, 0) is 11.4 Å². The molecular weight excluding hydrogens is 300 g/mol. The summed E-state index contributed by atoms with van der Waals surface area (Å²) >= 11 is 0. The van der Waals surface area contributed by atoms with Gasteiger partial charge in [0.1, 0.15) is 12.4 Å². The first kappa shape index (κ1) is 16.4. The number of nitrogens with zero attached hydrogens (tertiary/aromatic N) is 2. The highest BCUT2D eigenvalue weighted by molar-refractivity contribution is 5.96. The highest BCUT2D eigenvalue weighted by Gasteiger charge is 2.20. The molecule has 0 aliphatic heterocycles. The highest BCUT2D eigenvalue weighted by atomic mass is 16.7. The number of carbonyl (C=O) groups excluding carboxylic acids is 1. The normalized spacial score (nSPS) is 10.2. The molecule has 0 N–H and O–H groups in total. The van der Waals surface area contributed by atoms with Gasteiger partial charge in [0, 0.05) is 13.1 Å². The Morgan fingerprint density at radius 2 is 1.91 bits per heavy atom. The first-order valence-corrected chi connectivity index (χ1v) is 6.80. The summed E-state index contributed by atoms with van der Waals surface area (Å²) in [6.07, 6.45) is 0. The summed E-state index contributed by atoms with van der Waals surface area (Å²) in [5.74, 6) is -0.317. The van der Waals surface area contributed by atoms with Crippen LogP contribution in [-0.4, -0.2) is 30.1 Å². The summed E-state index contributed by atoms with van der Waals surface area (Å²) in [6, 6.07) is 13.2. The zero-order valence-corrected chi connectivity index (χ0v) is 12.8. The van der Waals surface area contributed by atoms with Crippen LogP contribution in [0.25, 0.3) is 0 Å². The number of rotatable bonds is 6. The van der Waals surface area contributed by atoms with Gasteiger partial charge in [0.15, 0.2) is 0 Å². The van der Waals surface area contributed by atoms with Gasteiger partial charge < -0.3 is 4.74 Å². The molecule has 2 aromatic rings. The topological polar surface area (TPSA) is 81.9 Å². The Balaban J connectivity index is 2.31. The highest BCUT2D eigenvalue weighted by Crippen LogP contribution is 2.26. The maximum Gasteiger partial charge on any atom is 0.280 e. The minimum absolute atomic E-state index is 0.136. The fourth-order valence-electron chi connectivity index (χ4n) is 1.91. The van der Waals surface area contributed by atoms with E-state index in [9.17, 15) is 14.9 Å². The minimum Gasteiger partial charge on any atom is -0.488 e. The van der Waals surface area contributed by atoms with Crippen LogP contribution in [0.4, 0.5) is 5.69 Å². The molecular formula is C16H16N2O5. The van der Waals surface area contributed by atoms with Crippen molar-refractivity contribution >= 4 is 11.6 Å². The number of ether oxygens (including phenoxy) is 1. The lowest BCUT2D eigenvalue weighted by Crippen LogP contribution is -2.26. The molecule has 120 valence electrons. The van der Waals surface area contributed by atoms with Gasteiger partial charge in [-0.2, -0.15) is 0 Å². The number of hydrogen-bond donors (Lipinski definition) is 0. The van der Waals surface area contributed by atoms with Crippen LogP contribution < -0.4 is 4.74 Å². The van der Waals surface area contributed by atoms with Gasteiger partial charge in [0.25, 0.3) is 11.6 Å². The predicted molar refractivity (Wildman–Crippen MR) is 83.0 cm³/mol. The number of nitro benzene ring substituents is 1. The summed E-state index contributed by atoms with van der Waals surface area (Å²) in [7, 11) is 2.80. The fraction of sp³-hybridized carbons (Fsp3) is 0.188. The molecule has 0 aromatic heterocycles. The molecule has 2 rings (SSSR count). The minimum atomic E-state index is -0.538. The first-order chi connectivity index (χ1) is 11.0. The average Bonchev–Trinajstić information content (AvgIpc) is 2.59. The van der Waals surface area contributed by atoms with Gasteiger partial charge in [0.2, 0.25) is 0 Å². The SMILES string of the molecule is CON(C)C(=O)c1ccc([N+](=O)[O-])cc1OCc1ccccc1. The molecule has 0 bridgehead atoms. The molecule has 7 heteroatoms. The van der Waals surface area contributed by atoms with Crippen LogP contribution in [0.2, 0.25) is 0 Å². The summed E-state index contributed by atoms with van der Waals surface area (Å²) in [5, 5.41) is 12.0. The number of hydrogen-bond acceptors (Lipinski definition) is 5. The van der Waals surface area contributed by atoms with Crippen molar-refractivity contribution in [3.8, 4) is 5.75 Å². The number of nitro groups is 1. The van der Waals surface area contributed by atoms with Crippen LogP contribution >= 0.6 is 0 Å². The summed E-state index contributed by atoms with van der Waals surface area (Å²) < 4.78 is 5.62. The third-order valence-corrected chi connectivity index (χ3v) is 3.20. The van der Waals surface area contributed by atoms with E-state index in [2.05, 4.69) is 0 Å². The monoisotopic (exact) mass is 316 g/mol. The lowest BCUT2D eigenvalue weighted by Gasteiger charge is -2.16. The lowest BCUT2D eigenvalue weighted by atomic mass is 10.1. The average molecular weight is 316 g/mol. The fourth-order valence-corrected chi connectivity index (χ4v) is 1.91. The Labute approximate surface area is 133 Å². The molecule has 7 nitrogen and oxygen atoms in total. The number of non-ortho nitro benzene ring substituents is 1. The summed E-state index contributed by atoms with van der Waals surface area (Å²) in [4.78, 5) is 27.5. The van der Waals surface area contributed by atoms with Crippen LogP contribution in [0.15, 0.2) is 48.5 Å². The van der Waals surface area contributed by atoms with Crippen molar-refractivity contribution in [1.29, 1.82) is 0 Å².